The number of fused-ring (bicyclic) bond motifs is 1. The van der Waals surface area contributed by atoms with Crippen LogP contribution < -0.4 is 0 Å². The van der Waals surface area contributed by atoms with Crippen molar-refractivity contribution in [2.45, 2.75) is 51.5 Å². The van der Waals surface area contributed by atoms with Crippen molar-refractivity contribution in [2.24, 2.45) is 0 Å². The summed E-state index contributed by atoms with van der Waals surface area (Å²) in [5, 5.41) is 4.56. The summed E-state index contributed by atoms with van der Waals surface area (Å²) in [5.41, 5.74) is 4.14. The van der Waals surface area contributed by atoms with E-state index in [4.69, 9.17) is 4.74 Å². The van der Waals surface area contributed by atoms with Crippen molar-refractivity contribution < 1.29 is 9.53 Å². The van der Waals surface area contributed by atoms with E-state index in [0.717, 1.165) is 51.1 Å². The second-order valence-corrected chi connectivity index (χ2v) is 8.30. The highest BCUT2D eigenvalue weighted by atomic mass is 16.5. The zero-order chi connectivity index (χ0) is 19.7. The van der Waals surface area contributed by atoms with Gasteiger partial charge in [0.1, 0.15) is 0 Å². The third-order valence-corrected chi connectivity index (χ3v) is 6.03. The fourth-order valence-corrected chi connectivity index (χ4v) is 4.22. The van der Waals surface area contributed by atoms with Crippen LogP contribution >= 0.6 is 0 Å². The SMILES string of the molecule is CCc1cccc(CN2CCC3(CC2)Cn2nc(C(=O)N(C)C)cc2CO3)c1. The van der Waals surface area contributed by atoms with Gasteiger partial charge in [0, 0.05) is 33.7 Å². The molecular weight excluding hydrogens is 352 g/mol. The highest BCUT2D eigenvalue weighted by Crippen LogP contribution is 2.33. The number of ether oxygens (including phenoxy) is 1. The molecule has 150 valence electrons. The van der Waals surface area contributed by atoms with Crippen molar-refractivity contribution >= 4 is 5.91 Å². The summed E-state index contributed by atoms with van der Waals surface area (Å²) in [6, 6.07) is 10.8. The Morgan fingerprint density at radius 2 is 1.96 bits per heavy atom. The highest BCUT2D eigenvalue weighted by molar-refractivity contribution is 5.92. The number of carbonyl (C=O) groups is 1. The Morgan fingerprint density at radius 1 is 1.21 bits per heavy atom. The van der Waals surface area contributed by atoms with E-state index in [1.807, 2.05) is 10.7 Å². The monoisotopic (exact) mass is 382 g/mol. The molecular formula is C22H30N4O2. The number of benzene rings is 1. The van der Waals surface area contributed by atoms with Gasteiger partial charge in [0.2, 0.25) is 0 Å². The molecule has 1 amide bonds. The molecule has 3 heterocycles. The van der Waals surface area contributed by atoms with Crippen molar-refractivity contribution in [3.63, 3.8) is 0 Å². The second-order valence-electron chi connectivity index (χ2n) is 8.30. The van der Waals surface area contributed by atoms with Gasteiger partial charge >= 0.3 is 0 Å². The fourth-order valence-electron chi connectivity index (χ4n) is 4.22. The quantitative estimate of drug-likeness (QED) is 0.816. The van der Waals surface area contributed by atoms with Crippen LogP contribution in [0.15, 0.2) is 30.3 Å². The Hall–Kier alpha value is -2.18. The number of rotatable bonds is 4. The van der Waals surface area contributed by atoms with Gasteiger partial charge in [0.05, 0.1) is 24.4 Å². The summed E-state index contributed by atoms with van der Waals surface area (Å²) in [6.07, 6.45) is 3.07. The van der Waals surface area contributed by atoms with E-state index in [1.54, 1.807) is 19.0 Å². The number of likely N-dealkylation sites (tertiary alicyclic amines) is 1. The molecule has 0 saturated carbocycles. The Morgan fingerprint density at radius 3 is 2.68 bits per heavy atom. The number of hydrogen-bond acceptors (Lipinski definition) is 4. The molecule has 2 aliphatic rings. The van der Waals surface area contributed by atoms with E-state index in [-0.39, 0.29) is 11.5 Å². The lowest BCUT2D eigenvalue weighted by molar-refractivity contribution is -0.124. The molecule has 0 atom stereocenters. The lowest BCUT2D eigenvalue weighted by Crippen LogP contribution is -2.50. The van der Waals surface area contributed by atoms with E-state index in [0.29, 0.717) is 12.3 Å². The summed E-state index contributed by atoms with van der Waals surface area (Å²) in [4.78, 5) is 16.3. The van der Waals surface area contributed by atoms with Gasteiger partial charge in [-0.3, -0.25) is 14.4 Å². The van der Waals surface area contributed by atoms with Crippen LogP contribution in [0.3, 0.4) is 0 Å². The summed E-state index contributed by atoms with van der Waals surface area (Å²) in [7, 11) is 3.51. The first-order chi connectivity index (χ1) is 13.5. The van der Waals surface area contributed by atoms with E-state index in [2.05, 4.69) is 41.2 Å². The van der Waals surface area contributed by atoms with Crippen LogP contribution in [0.5, 0.6) is 0 Å². The van der Waals surface area contributed by atoms with Gasteiger partial charge in [-0.05, 0) is 36.5 Å². The maximum Gasteiger partial charge on any atom is 0.273 e. The van der Waals surface area contributed by atoms with Crippen LogP contribution in [0, 0.1) is 0 Å². The van der Waals surface area contributed by atoms with Crippen LogP contribution in [0.25, 0.3) is 0 Å². The van der Waals surface area contributed by atoms with Crippen molar-refractivity contribution in [3.8, 4) is 0 Å². The summed E-state index contributed by atoms with van der Waals surface area (Å²) in [6.45, 7) is 6.52. The maximum absolute atomic E-state index is 12.2. The van der Waals surface area contributed by atoms with E-state index in [9.17, 15) is 4.79 Å². The van der Waals surface area contributed by atoms with Crippen molar-refractivity contribution in [2.75, 3.05) is 27.2 Å². The standard InChI is InChI=1S/C22H30N4O2/c1-4-17-6-5-7-18(12-17)14-25-10-8-22(9-11-25)16-26-19(15-28-22)13-20(23-26)21(27)24(2)3/h5-7,12-13H,4,8-11,14-16H2,1-3H3. The molecule has 1 saturated heterocycles. The topological polar surface area (TPSA) is 50.6 Å². The second kappa shape index (κ2) is 7.68. The van der Waals surface area contributed by atoms with Gasteiger partial charge in [0.25, 0.3) is 5.91 Å². The largest absolute Gasteiger partial charge is 0.367 e. The Balaban J connectivity index is 1.39. The average molecular weight is 383 g/mol. The molecule has 6 nitrogen and oxygen atoms in total. The fraction of sp³-hybridized carbons (Fsp3) is 0.545. The normalized spacial score (nSPS) is 18.8. The van der Waals surface area contributed by atoms with E-state index in [1.165, 1.54) is 11.1 Å². The summed E-state index contributed by atoms with van der Waals surface area (Å²) in [5.74, 6) is -0.0555. The molecule has 1 aromatic carbocycles. The van der Waals surface area contributed by atoms with E-state index >= 15 is 0 Å². The number of aromatic nitrogens is 2. The number of nitrogens with zero attached hydrogens (tertiary/aromatic N) is 4. The minimum absolute atomic E-state index is 0.0555. The first kappa shape index (κ1) is 19.2. The third kappa shape index (κ3) is 3.84. The average Bonchev–Trinajstić information content (AvgIpc) is 3.12. The van der Waals surface area contributed by atoms with Crippen LogP contribution in [-0.2, 0) is 30.9 Å². The number of aryl methyl sites for hydroxylation is 1. The molecule has 0 aliphatic carbocycles. The van der Waals surface area contributed by atoms with Gasteiger partial charge in [0.15, 0.2) is 5.69 Å². The molecule has 28 heavy (non-hydrogen) atoms. The zero-order valence-corrected chi connectivity index (χ0v) is 17.1. The minimum Gasteiger partial charge on any atom is -0.367 e. The van der Waals surface area contributed by atoms with E-state index < -0.39 is 0 Å². The molecule has 6 heteroatoms. The Bertz CT molecular complexity index is 850. The van der Waals surface area contributed by atoms with Crippen LogP contribution in [0.4, 0.5) is 0 Å². The van der Waals surface area contributed by atoms with Crippen LogP contribution in [0.2, 0.25) is 0 Å². The number of piperidine rings is 1. The number of amides is 1. The zero-order valence-electron chi connectivity index (χ0n) is 17.1. The predicted molar refractivity (Wildman–Crippen MR) is 108 cm³/mol. The van der Waals surface area contributed by atoms with Crippen molar-refractivity contribution in [1.82, 2.24) is 19.6 Å². The minimum atomic E-state index is -0.154. The Labute approximate surface area is 167 Å². The first-order valence-corrected chi connectivity index (χ1v) is 10.2. The Kier molecular flexibility index (Phi) is 5.25. The smallest absolute Gasteiger partial charge is 0.273 e. The van der Waals surface area contributed by atoms with Gasteiger partial charge in [-0.15, -0.1) is 0 Å². The molecule has 0 unspecified atom stereocenters. The van der Waals surface area contributed by atoms with Crippen LogP contribution in [-0.4, -0.2) is 58.3 Å². The third-order valence-electron chi connectivity index (χ3n) is 6.03. The highest BCUT2D eigenvalue weighted by Gasteiger charge is 2.40. The lowest BCUT2D eigenvalue weighted by atomic mass is 9.89. The number of carbonyl (C=O) groups excluding carboxylic acids is 1. The summed E-state index contributed by atoms with van der Waals surface area (Å²) < 4.78 is 8.30. The van der Waals surface area contributed by atoms with Crippen LogP contribution in [0.1, 0.15) is 47.1 Å². The number of hydrogen-bond donors (Lipinski definition) is 0. The molecule has 0 radical (unpaired) electrons. The lowest BCUT2D eigenvalue weighted by Gasteiger charge is -2.43. The molecule has 1 aromatic heterocycles. The van der Waals surface area contributed by atoms with Crippen molar-refractivity contribution in [3.05, 3.63) is 52.8 Å². The van der Waals surface area contributed by atoms with Gasteiger partial charge in [-0.25, -0.2) is 0 Å². The predicted octanol–water partition coefficient (Wildman–Crippen LogP) is 2.71. The molecule has 1 fully saturated rings. The molecule has 2 aliphatic heterocycles. The molecule has 2 aromatic rings. The summed E-state index contributed by atoms with van der Waals surface area (Å²) >= 11 is 0. The van der Waals surface area contributed by atoms with Gasteiger partial charge < -0.3 is 9.64 Å². The molecule has 4 rings (SSSR count). The molecule has 0 N–H and O–H groups in total. The van der Waals surface area contributed by atoms with Crippen molar-refractivity contribution in [1.29, 1.82) is 0 Å². The molecule has 1 spiro atoms. The van der Waals surface area contributed by atoms with Gasteiger partial charge in [-0.2, -0.15) is 5.10 Å². The molecule has 0 bridgehead atoms. The first-order valence-electron chi connectivity index (χ1n) is 10.2. The maximum atomic E-state index is 12.2. The van der Waals surface area contributed by atoms with Gasteiger partial charge in [-0.1, -0.05) is 31.2 Å².